The zero-order chi connectivity index (χ0) is 24.1. The van der Waals surface area contributed by atoms with Gasteiger partial charge in [-0.3, -0.25) is 9.89 Å². The maximum Gasteiger partial charge on any atom is 0.323 e. The quantitative estimate of drug-likeness (QED) is 0.231. The number of amides is 1. The van der Waals surface area contributed by atoms with Gasteiger partial charge in [-0.1, -0.05) is 24.3 Å². The first-order chi connectivity index (χ1) is 17.0. The van der Waals surface area contributed by atoms with Gasteiger partial charge in [-0.05, 0) is 23.3 Å². The van der Waals surface area contributed by atoms with E-state index in [-0.39, 0.29) is 11.6 Å². The number of aromatic amines is 3. The minimum absolute atomic E-state index is 0.248. The lowest BCUT2D eigenvalue weighted by molar-refractivity contribution is 0.0943. The van der Waals surface area contributed by atoms with Gasteiger partial charge in [0.25, 0.3) is 5.91 Å². The van der Waals surface area contributed by atoms with Crippen LogP contribution >= 0.6 is 11.3 Å². The van der Waals surface area contributed by atoms with Gasteiger partial charge in [0.05, 0.1) is 27.4 Å². The summed E-state index contributed by atoms with van der Waals surface area (Å²) in [6, 6.07) is 11.5. The Kier molecular flexibility index (Phi) is 4.85. The molecule has 4 heterocycles. The van der Waals surface area contributed by atoms with E-state index >= 15 is 0 Å². The summed E-state index contributed by atoms with van der Waals surface area (Å²) in [5.41, 5.74) is 5.67. The molecule has 1 amide bonds. The van der Waals surface area contributed by atoms with E-state index in [0.29, 0.717) is 29.9 Å². The minimum Gasteiger partial charge on any atom is -0.347 e. The van der Waals surface area contributed by atoms with Gasteiger partial charge in [0.1, 0.15) is 10.7 Å². The van der Waals surface area contributed by atoms with Crippen molar-refractivity contribution in [1.82, 2.24) is 35.0 Å². The second-order valence-corrected chi connectivity index (χ2v) is 9.34. The number of H-pyrrole nitrogens is 3. The Balaban J connectivity index is 1.31. The summed E-state index contributed by atoms with van der Waals surface area (Å²) >= 11 is 1.45. The lowest BCUT2D eigenvalue weighted by Crippen LogP contribution is -2.26. The van der Waals surface area contributed by atoms with Crippen LogP contribution in [0.15, 0.2) is 47.4 Å². The van der Waals surface area contributed by atoms with Crippen molar-refractivity contribution in [2.75, 3.05) is 0 Å². The second kappa shape index (κ2) is 8.06. The molecular weight excluding hydrogens is 464 g/mol. The van der Waals surface area contributed by atoms with Crippen LogP contribution in [0.3, 0.4) is 0 Å². The highest BCUT2D eigenvalue weighted by Crippen LogP contribution is 2.31. The maximum atomic E-state index is 13.2. The average molecular weight is 485 g/mol. The van der Waals surface area contributed by atoms with Crippen molar-refractivity contribution >= 4 is 55.7 Å². The van der Waals surface area contributed by atoms with Crippen LogP contribution in [0.1, 0.15) is 32.2 Å². The normalized spacial score (nSPS) is 11.6. The molecular formula is C24H20N8O2S. The van der Waals surface area contributed by atoms with E-state index in [4.69, 9.17) is 10.4 Å². The fourth-order valence-electron chi connectivity index (χ4n) is 4.51. The number of aryl methyl sites for hydroxylation is 1. The smallest absolute Gasteiger partial charge is 0.323 e. The number of carbonyl (C=O) groups excluding carboxylic acids is 1. The summed E-state index contributed by atoms with van der Waals surface area (Å²) in [5.74, 6) is -0.270. The van der Waals surface area contributed by atoms with Crippen molar-refractivity contribution in [2.24, 2.45) is 7.05 Å². The number of rotatable bonds is 6. The van der Waals surface area contributed by atoms with Crippen molar-refractivity contribution in [3.8, 4) is 0 Å². The average Bonchev–Trinajstić information content (AvgIpc) is 3.61. The molecule has 0 radical (unpaired) electrons. The monoisotopic (exact) mass is 484 g/mol. The summed E-state index contributed by atoms with van der Waals surface area (Å²) in [4.78, 5) is 35.3. The molecule has 0 aliphatic heterocycles. The SMILES string of the molecule is Cn1c(C(=O)NCc2cccc3[nH]ncc23)c(C=N)c2sc(Cc3cccc4[nH]c(=O)[nH]c34)nc21. The van der Waals surface area contributed by atoms with Crippen LogP contribution < -0.4 is 11.0 Å². The highest BCUT2D eigenvalue weighted by Gasteiger charge is 2.23. The zero-order valence-corrected chi connectivity index (χ0v) is 19.4. The van der Waals surface area contributed by atoms with Crippen LogP contribution in [0.5, 0.6) is 0 Å². The number of hydrogen-bond acceptors (Lipinski definition) is 6. The van der Waals surface area contributed by atoms with Gasteiger partial charge in [-0.2, -0.15) is 5.10 Å². The van der Waals surface area contributed by atoms with Crippen LogP contribution in [-0.2, 0) is 20.0 Å². The Labute approximate surface area is 201 Å². The standard InChI is InChI=1S/C24H20N8O2S/c1-32-20(23(33)26-10-13-5-3-6-16-15(13)11-27-31-16)14(9-25)21-22(32)29-18(35-21)8-12-4-2-7-17-19(12)30-24(34)28-17/h2-7,9,11,25H,8,10H2,1H3,(H,26,33)(H,27,31)(H2,28,30,34). The van der Waals surface area contributed by atoms with Crippen LogP contribution in [0.25, 0.3) is 32.3 Å². The largest absolute Gasteiger partial charge is 0.347 e. The number of hydrogen-bond donors (Lipinski definition) is 5. The van der Waals surface area contributed by atoms with E-state index in [2.05, 4.69) is 25.5 Å². The highest BCUT2D eigenvalue weighted by molar-refractivity contribution is 7.19. The zero-order valence-electron chi connectivity index (χ0n) is 18.6. The minimum atomic E-state index is -0.270. The third-order valence-corrected chi connectivity index (χ3v) is 7.24. The van der Waals surface area contributed by atoms with E-state index in [1.807, 2.05) is 36.4 Å². The lowest BCUT2D eigenvalue weighted by atomic mass is 10.1. The third kappa shape index (κ3) is 3.44. The predicted molar refractivity (Wildman–Crippen MR) is 135 cm³/mol. The summed E-state index contributed by atoms with van der Waals surface area (Å²) in [7, 11) is 1.79. The molecule has 174 valence electrons. The van der Waals surface area contributed by atoms with Crippen LogP contribution in [0.4, 0.5) is 0 Å². The van der Waals surface area contributed by atoms with Gasteiger partial charge in [0.2, 0.25) is 0 Å². The Morgan fingerprint density at radius 2 is 1.97 bits per heavy atom. The molecule has 0 unspecified atom stereocenters. The van der Waals surface area contributed by atoms with Gasteiger partial charge < -0.3 is 25.3 Å². The molecule has 11 heteroatoms. The van der Waals surface area contributed by atoms with Crippen molar-refractivity contribution in [1.29, 1.82) is 5.41 Å². The molecule has 0 aliphatic carbocycles. The molecule has 0 atom stereocenters. The molecule has 0 fully saturated rings. The third-order valence-electron chi connectivity index (χ3n) is 6.16. The van der Waals surface area contributed by atoms with Gasteiger partial charge in [0.15, 0.2) is 5.65 Å². The summed E-state index contributed by atoms with van der Waals surface area (Å²) in [6.45, 7) is 0.337. The second-order valence-electron chi connectivity index (χ2n) is 8.25. The molecule has 2 aromatic carbocycles. The number of fused-ring (bicyclic) bond motifs is 3. The number of nitrogens with zero attached hydrogens (tertiary/aromatic N) is 3. The van der Waals surface area contributed by atoms with Crippen molar-refractivity contribution in [2.45, 2.75) is 13.0 Å². The van der Waals surface area contributed by atoms with E-state index in [1.54, 1.807) is 17.8 Å². The Morgan fingerprint density at radius 1 is 1.17 bits per heavy atom. The Bertz CT molecular complexity index is 1820. The first-order valence-electron chi connectivity index (χ1n) is 10.9. The molecule has 4 aromatic heterocycles. The summed E-state index contributed by atoms with van der Waals surface area (Å²) < 4.78 is 2.52. The van der Waals surface area contributed by atoms with Crippen LogP contribution in [0.2, 0.25) is 0 Å². The van der Waals surface area contributed by atoms with E-state index in [9.17, 15) is 9.59 Å². The van der Waals surface area contributed by atoms with Crippen molar-refractivity contribution in [3.63, 3.8) is 0 Å². The number of carbonyl (C=O) groups is 1. The predicted octanol–water partition coefficient (Wildman–Crippen LogP) is 3.20. The number of aromatic nitrogens is 6. The Hall–Kier alpha value is -4.51. The van der Waals surface area contributed by atoms with E-state index < -0.39 is 0 Å². The highest BCUT2D eigenvalue weighted by atomic mass is 32.1. The molecule has 35 heavy (non-hydrogen) atoms. The molecule has 0 saturated heterocycles. The fraction of sp³-hybridized carbons (Fsp3) is 0.125. The first-order valence-corrected chi connectivity index (χ1v) is 11.7. The molecule has 0 aliphatic rings. The van der Waals surface area contributed by atoms with Gasteiger partial charge in [-0.25, -0.2) is 9.78 Å². The van der Waals surface area contributed by atoms with Crippen LogP contribution in [0, 0.1) is 5.41 Å². The number of benzene rings is 2. The molecule has 0 spiro atoms. The van der Waals surface area contributed by atoms with E-state index in [1.165, 1.54) is 17.6 Å². The van der Waals surface area contributed by atoms with Crippen molar-refractivity contribution in [3.05, 3.63) is 80.5 Å². The molecule has 5 N–H and O–H groups in total. The molecule has 0 saturated carbocycles. The molecule has 0 bridgehead atoms. The van der Waals surface area contributed by atoms with Gasteiger partial charge in [-0.15, -0.1) is 11.3 Å². The summed E-state index contributed by atoms with van der Waals surface area (Å²) in [6.07, 6.45) is 3.48. The number of para-hydroxylation sites is 1. The number of nitrogens with one attached hydrogen (secondary N) is 5. The van der Waals surface area contributed by atoms with Crippen molar-refractivity contribution < 1.29 is 4.79 Å². The fourth-order valence-corrected chi connectivity index (χ4v) is 5.64. The van der Waals surface area contributed by atoms with Gasteiger partial charge in [0, 0.05) is 37.2 Å². The van der Waals surface area contributed by atoms with E-state index in [0.717, 1.165) is 42.8 Å². The number of imidazole rings is 1. The summed E-state index contributed by atoms with van der Waals surface area (Å²) in [5, 5.41) is 19.8. The molecule has 10 nitrogen and oxygen atoms in total. The number of thiazole rings is 1. The topological polar surface area (TPSA) is 148 Å². The maximum absolute atomic E-state index is 13.2. The Morgan fingerprint density at radius 3 is 2.80 bits per heavy atom. The first kappa shape index (κ1) is 21.1. The molecule has 6 rings (SSSR count). The molecule has 6 aromatic rings. The lowest BCUT2D eigenvalue weighted by Gasteiger charge is -2.08. The van der Waals surface area contributed by atoms with Gasteiger partial charge >= 0.3 is 5.69 Å². The van der Waals surface area contributed by atoms with Crippen LogP contribution in [-0.4, -0.2) is 41.8 Å².